The molecular formula is C16H15N3O2S. The molecule has 0 spiro atoms. The average molecular weight is 313 g/mol. The Kier molecular flexibility index (Phi) is 4.39. The Bertz CT molecular complexity index is 795. The lowest BCUT2D eigenvalue weighted by atomic mass is 10.1. The van der Waals surface area contributed by atoms with Crippen LogP contribution >= 0.6 is 11.8 Å². The molecule has 0 aliphatic carbocycles. The van der Waals surface area contributed by atoms with Crippen LogP contribution in [0.15, 0.2) is 52.1 Å². The summed E-state index contributed by atoms with van der Waals surface area (Å²) in [6.45, 7) is 1.94. The van der Waals surface area contributed by atoms with Gasteiger partial charge in [-0.2, -0.15) is 0 Å². The van der Waals surface area contributed by atoms with E-state index in [2.05, 4.69) is 15.5 Å². The van der Waals surface area contributed by atoms with Gasteiger partial charge in [0.15, 0.2) is 0 Å². The minimum atomic E-state index is -0.0994. The summed E-state index contributed by atoms with van der Waals surface area (Å²) in [5.41, 5.74) is 0.809. The van der Waals surface area contributed by atoms with E-state index in [-0.39, 0.29) is 11.7 Å². The summed E-state index contributed by atoms with van der Waals surface area (Å²) in [6.07, 6.45) is 0.690. The summed E-state index contributed by atoms with van der Waals surface area (Å²) in [4.78, 5) is 12.1. The van der Waals surface area contributed by atoms with Crippen LogP contribution in [0.2, 0.25) is 0 Å². The summed E-state index contributed by atoms with van der Waals surface area (Å²) < 4.78 is 5.36. The SMILES string of the molecule is CCc1nnc(SCC(=O)Nc2cccc3ccccc23)o1. The predicted molar refractivity (Wildman–Crippen MR) is 87.0 cm³/mol. The van der Waals surface area contributed by atoms with E-state index >= 15 is 0 Å². The molecule has 0 saturated heterocycles. The second-order valence-electron chi connectivity index (χ2n) is 4.68. The fraction of sp³-hybridized carbons (Fsp3) is 0.188. The van der Waals surface area contributed by atoms with Gasteiger partial charge in [0.1, 0.15) is 0 Å². The van der Waals surface area contributed by atoms with Crippen LogP contribution in [0.4, 0.5) is 5.69 Å². The minimum Gasteiger partial charge on any atom is -0.416 e. The van der Waals surface area contributed by atoms with Gasteiger partial charge in [-0.15, -0.1) is 10.2 Å². The second-order valence-corrected chi connectivity index (χ2v) is 5.61. The van der Waals surface area contributed by atoms with Crippen LogP contribution in [-0.4, -0.2) is 21.9 Å². The number of nitrogens with zero attached hydrogens (tertiary/aromatic N) is 2. The summed E-state index contributed by atoms with van der Waals surface area (Å²) in [5, 5.41) is 13.2. The van der Waals surface area contributed by atoms with Crippen LogP contribution in [0.25, 0.3) is 10.8 Å². The van der Waals surface area contributed by atoms with E-state index in [4.69, 9.17) is 4.42 Å². The third kappa shape index (κ3) is 3.28. The van der Waals surface area contributed by atoms with E-state index in [1.807, 2.05) is 49.4 Å². The van der Waals surface area contributed by atoms with E-state index in [9.17, 15) is 4.79 Å². The van der Waals surface area contributed by atoms with Gasteiger partial charge >= 0.3 is 0 Å². The Morgan fingerprint density at radius 1 is 1.18 bits per heavy atom. The van der Waals surface area contributed by atoms with Crippen LogP contribution in [0, 0.1) is 0 Å². The zero-order valence-corrected chi connectivity index (χ0v) is 12.9. The molecule has 0 saturated carbocycles. The number of fused-ring (bicyclic) bond motifs is 1. The molecule has 6 heteroatoms. The van der Waals surface area contributed by atoms with Crippen molar-refractivity contribution in [3.8, 4) is 0 Å². The average Bonchev–Trinajstić information content (AvgIpc) is 3.01. The first-order valence-corrected chi connectivity index (χ1v) is 7.97. The molecule has 22 heavy (non-hydrogen) atoms. The fourth-order valence-electron chi connectivity index (χ4n) is 2.09. The van der Waals surface area contributed by atoms with E-state index in [0.29, 0.717) is 17.5 Å². The Morgan fingerprint density at radius 2 is 2.00 bits per heavy atom. The maximum atomic E-state index is 12.1. The molecule has 0 atom stereocenters. The van der Waals surface area contributed by atoms with Crippen molar-refractivity contribution in [2.24, 2.45) is 0 Å². The molecule has 0 unspecified atom stereocenters. The number of hydrogen-bond donors (Lipinski definition) is 1. The molecule has 2 aromatic carbocycles. The smallest absolute Gasteiger partial charge is 0.277 e. The number of hydrogen-bond acceptors (Lipinski definition) is 5. The lowest BCUT2D eigenvalue weighted by Gasteiger charge is -2.07. The molecule has 3 rings (SSSR count). The van der Waals surface area contributed by atoms with Crippen LogP contribution in [-0.2, 0) is 11.2 Å². The molecule has 0 aliphatic heterocycles. The number of benzene rings is 2. The molecule has 5 nitrogen and oxygen atoms in total. The van der Waals surface area contributed by atoms with E-state index in [1.54, 1.807) is 0 Å². The lowest BCUT2D eigenvalue weighted by molar-refractivity contribution is -0.113. The van der Waals surface area contributed by atoms with Gasteiger partial charge in [0, 0.05) is 17.5 Å². The molecule has 1 N–H and O–H groups in total. The van der Waals surface area contributed by atoms with Gasteiger partial charge in [-0.05, 0) is 11.5 Å². The van der Waals surface area contributed by atoms with Gasteiger partial charge in [-0.25, -0.2) is 0 Å². The Labute approximate surface area is 132 Å². The van der Waals surface area contributed by atoms with Gasteiger partial charge in [0.2, 0.25) is 11.8 Å². The van der Waals surface area contributed by atoms with Crippen molar-refractivity contribution in [3.63, 3.8) is 0 Å². The largest absolute Gasteiger partial charge is 0.416 e. The van der Waals surface area contributed by atoms with Crippen molar-refractivity contribution in [2.75, 3.05) is 11.1 Å². The Morgan fingerprint density at radius 3 is 2.82 bits per heavy atom. The normalized spacial score (nSPS) is 10.8. The molecule has 1 amide bonds. The molecule has 0 fully saturated rings. The predicted octanol–water partition coefficient (Wildman–Crippen LogP) is 3.52. The number of aryl methyl sites for hydroxylation is 1. The van der Waals surface area contributed by atoms with Crippen molar-refractivity contribution in [3.05, 3.63) is 48.4 Å². The van der Waals surface area contributed by atoms with Gasteiger partial charge in [0.05, 0.1) is 5.75 Å². The van der Waals surface area contributed by atoms with Crippen molar-refractivity contribution in [1.82, 2.24) is 10.2 Å². The van der Waals surface area contributed by atoms with Crippen LogP contribution < -0.4 is 5.32 Å². The van der Waals surface area contributed by atoms with Crippen molar-refractivity contribution in [2.45, 2.75) is 18.6 Å². The van der Waals surface area contributed by atoms with Crippen LogP contribution in [0.5, 0.6) is 0 Å². The number of carbonyl (C=O) groups is 1. The third-order valence-electron chi connectivity index (χ3n) is 3.14. The maximum Gasteiger partial charge on any atom is 0.277 e. The first kappa shape index (κ1) is 14.6. The lowest BCUT2D eigenvalue weighted by Crippen LogP contribution is -2.14. The standard InChI is InChI=1S/C16H15N3O2S/c1-2-15-18-19-16(21-15)22-10-14(20)17-13-9-5-7-11-6-3-4-8-12(11)13/h3-9H,2,10H2,1H3,(H,17,20). The highest BCUT2D eigenvalue weighted by Gasteiger charge is 2.10. The third-order valence-corrected chi connectivity index (χ3v) is 3.96. The number of amides is 1. The van der Waals surface area contributed by atoms with Gasteiger partial charge in [-0.1, -0.05) is 55.1 Å². The molecule has 1 aromatic heterocycles. The van der Waals surface area contributed by atoms with Crippen molar-refractivity contribution in [1.29, 1.82) is 0 Å². The van der Waals surface area contributed by atoms with E-state index in [0.717, 1.165) is 16.5 Å². The molecule has 0 radical (unpaired) electrons. The minimum absolute atomic E-state index is 0.0994. The van der Waals surface area contributed by atoms with Crippen molar-refractivity contribution >= 4 is 34.1 Å². The second kappa shape index (κ2) is 6.62. The molecule has 112 valence electrons. The summed E-state index contributed by atoms with van der Waals surface area (Å²) in [5.74, 6) is 0.712. The number of rotatable bonds is 5. The highest BCUT2D eigenvalue weighted by Crippen LogP contribution is 2.23. The molecule has 0 aliphatic rings. The van der Waals surface area contributed by atoms with Gasteiger partial charge in [-0.3, -0.25) is 4.79 Å². The summed E-state index contributed by atoms with van der Waals surface area (Å²) in [7, 11) is 0. The quantitative estimate of drug-likeness (QED) is 0.730. The molecule has 0 bridgehead atoms. The Hall–Kier alpha value is -2.34. The monoisotopic (exact) mass is 313 g/mol. The number of carbonyl (C=O) groups excluding carboxylic acids is 1. The first-order valence-electron chi connectivity index (χ1n) is 6.99. The number of nitrogens with one attached hydrogen (secondary N) is 1. The Balaban J connectivity index is 1.65. The van der Waals surface area contributed by atoms with E-state index < -0.39 is 0 Å². The molecular weight excluding hydrogens is 298 g/mol. The number of aromatic nitrogens is 2. The summed E-state index contributed by atoms with van der Waals surface area (Å²) in [6, 6.07) is 13.8. The fourth-order valence-corrected chi connectivity index (χ4v) is 2.67. The zero-order valence-electron chi connectivity index (χ0n) is 12.1. The highest BCUT2D eigenvalue weighted by atomic mass is 32.2. The van der Waals surface area contributed by atoms with Crippen LogP contribution in [0.1, 0.15) is 12.8 Å². The van der Waals surface area contributed by atoms with Crippen molar-refractivity contribution < 1.29 is 9.21 Å². The van der Waals surface area contributed by atoms with Gasteiger partial charge in [0.25, 0.3) is 5.22 Å². The topological polar surface area (TPSA) is 68.0 Å². The zero-order chi connectivity index (χ0) is 15.4. The summed E-state index contributed by atoms with van der Waals surface area (Å²) >= 11 is 1.24. The first-order chi connectivity index (χ1) is 10.8. The van der Waals surface area contributed by atoms with E-state index in [1.165, 1.54) is 11.8 Å². The maximum absolute atomic E-state index is 12.1. The molecule has 1 heterocycles. The van der Waals surface area contributed by atoms with Gasteiger partial charge < -0.3 is 9.73 Å². The van der Waals surface area contributed by atoms with Crippen LogP contribution in [0.3, 0.4) is 0 Å². The number of anilines is 1. The molecule has 3 aromatic rings. The highest BCUT2D eigenvalue weighted by molar-refractivity contribution is 7.99. The number of thioether (sulfide) groups is 1.